The van der Waals surface area contributed by atoms with E-state index in [0.29, 0.717) is 19.5 Å². The van der Waals surface area contributed by atoms with E-state index in [1.807, 2.05) is 26.8 Å². The Morgan fingerprint density at radius 3 is 2.53 bits per heavy atom. The predicted molar refractivity (Wildman–Crippen MR) is 62.2 cm³/mol. The quantitative estimate of drug-likeness (QED) is 0.705. The molecule has 1 aliphatic heterocycles. The molecule has 1 aliphatic rings. The first-order valence-electron chi connectivity index (χ1n) is 5.77. The van der Waals surface area contributed by atoms with E-state index in [4.69, 9.17) is 10.00 Å². The van der Waals surface area contributed by atoms with Crippen LogP contribution in [0.4, 0.5) is 4.79 Å². The monoisotopic (exact) mass is 240 g/mol. The number of carbonyl (C=O) groups is 1. The zero-order valence-corrected chi connectivity index (χ0v) is 10.9. The molecule has 1 saturated heterocycles. The Hall–Kier alpha value is -1.28. The standard InChI is InChI=1S/C12H20N2O3/c1-11(2,3)17-10(15)14-6-5-9(7-14)12(4,16)8-13/h9,16H,5-7H2,1-4H3. The minimum atomic E-state index is -1.38. The number of hydrogen-bond acceptors (Lipinski definition) is 4. The van der Waals surface area contributed by atoms with Gasteiger partial charge in [-0.25, -0.2) is 4.79 Å². The van der Waals surface area contributed by atoms with Gasteiger partial charge in [-0.15, -0.1) is 0 Å². The molecule has 17 heavy (non-hydrogen) atoms. The molecule has 1 N–H and O–H groups in total. The van der Waals surface area contributed by atoms with Gasteiger partial charge in [0.2, 0.25) is 0 Å². The van der Waals surface area contributed by atoms with Crippen LogP contribution < -0.4 is 0 Å². The number of nitrogens with zero attached hydrogens (tertiary/aromatic N) is 2. The van der Waals surface area contributed by atoms with Gasteiger partial charge in [-0.2, -0.15) is 5.26 Å². The van der Waals surface area contributed by atoms with E-state index in [9.17, 15) is 9.90 Å². The Balaban J connectivity index is 2.57. The first kappa shape index (κ1) is 13.8. The Bertz CT molecular complexity index is 339. The maximum atomic E-state index is 11.8. The summed E-state index contributed by atoms with van der Waals surface area (Å²) in [5.41, 5.74) is -1.90. The Morgan fingerprint density at radius 2 is 2.06 bits per heavy atom. The molecule has 2 atom stereocenters. The van der Waals surface area contributed by atoms with Gasteiger partial charge in [-0.05, 0) is 34.1 Å². The van der Waals surface area contributed by atoms with Gasteiger partial charge in [0.15, 0.2) is 5.60 Å². The normalized spacial score (nSPS) is 24.0. The minimum absolute atomic E-state index is 0.208. The highest BCUT2D eigenvalue weighted by Crippen LogP contribution is 2.27. The molecule has 1 heterocycles. The average Bonchev–Trinajstić information content (AvgIpc) is 2.64. The number of ether oxygens (including phenoxy) is 1. The van der Waals surface area contributed by atoms with Gasteiger partial charge < -0.3 is 14.7 Å². The SMILES string of the molecule is CC(C)(C)OC(=O)N1CCC(C(C)(O)C#N)C1. The summed E-state index contributed by atoms with van der Waals surface area (Å²) >= 11 is 0. The minimum Gasteiger partial charge on any atom is -0.444 e. The molecule has 0 saturated carbocycles. The Morgan fingerprint density at radius 1 is 1.47 bits per heavy atom. The van der Waals surface area contributed by atoms with E-state index >= 15 is 0 Å². The van der Waals surface area contributed by atoms with Crippen LogP contribution in [0.5, 0.6) is 0 Å². The number of aliphatic hydroxyl groups is 1. The number of likely N-dealkylation sites (tertiary alicyclic amines) is 1. The number of hydrogen-bond donors (Lipinski definition) is 1. The zero-order valence-electron chi connectivity index (χ0n) is 10.9. The molecule has 5 heteroatoms. The first-order valence-corrected chi connectivity index (χ1v) is 5.77. The lowest BCUT2D eigenvalue weighted by molar-refractivity contribution is 0.0233. The summed E-state index contributed by atoms with van der Waals surface area (Å²) in [4.78, 5) is 13.3. The smallest absolute Gasteiger partial charge is 0.410 e. The summed E-state index contributed by atoms with van der Waals surface area (Å²) in [6.45, 7) is 7.81. The molecule has 1 rings (SSSR count). The Labute approximate surface area is 102 Å². The summed E-state index contributed by atoms with van der Waals surface area (Å²) in [5, 5.41) is 18.6. The summed E-state index contributed by atoms with van der Waals surface area (Å²) in [6, 6.07) is 1.87. The van der Waals surface area contributed by atoms with Crippen molar-refractivity contribution in [1.82, 2.24) is 4.90 Å². The second kappa shape index (κ2) is 4.53. The number of nitriles is 1. The fourth-order valence-electron chi connectivity index (χ4n) is 1.80. The Kier molecular flexibility index (Phi) is 3.68. The highest BCUT2D eigenvalue weighted by molar-refractivity contribution is 5.68. The molecule has 0 aromatic heterocycles. The summed E-state index contributed by atoms with van der Waals surface area (Å²) in [7, 11) is 0. The van der Waals surface area contributed by atoms with Gasteiger partial charge in [0, 0.05) is 19.0 Å². The third-order valence-corrected chi connectivity index (χ3v) is 2.86. The zero-order chi connectivity index (χ0) is 13.3. The second-order valence-electron chi connectivity index (χ2n) is 5.67. The highest BCUT2D eigenvalue weighted by atomic mass is 16.6. The van der Waals surface area contributed by atoms with Crippen LogP contribution in [0, 0.1) is 17.2 Å². The molecule has 1 fully saturated rings. The molecule has 2 unspecified atom stereocenters. The van der Waals surface area contributed by atoms with Gasteiger partial charge in [0.25, 0.3) is 0 Å². The van der Waals surface area contributed by atoms with Crippen molar-refractivity contribution in [3.05, 3.63) is 0 Å². The number of amides is 1. The molecule has 96 valence electrons. The van der Waals surface area contributed by atoms with Crippen molar-refractivity contribution in [2.45, 2.75) is 45.3 Å². The maximum absolute atomic E-state index is 11.8. The molecule has 0 aromatic carbocycles. The van der Waals surface area contributed by atoms with Crippen molar-refractivity contribution >= 4 is 6.09 Å². The first-order chi connectivity index (χ1) is 7.65. The molecule has 0 aromatic rings. The van der Waals surface area contributed by atoms with Crippen molar-refractivity contribution in [3.63, 3.8) is 0 Å². The molecule has 5 nitrogen and oxygen atoms in total. The average molecular weight is 240 g/mol. The van der Waals surface area contributed by atoms with Crippen molar-refractivity contribution in [3.8, 4) is 6.07 Å². The van der Waals surface area contributed by atoms with E-state index in [2.05, 4.69) is 0 Å². The second-order valence-corrected chi connectivity index (χ2v) is 5.67. The van der Waals surface area contributed by atoms with E-state index in [-0.39, 0.29) is 12.0 Å². The third kappa shape index (κ3) is 3.60. The van der Waals surface area contributed by atoms with Crippen molar-refractivity contribution in [2.75, 3.05) is 13.1 Å². The lowest BCUT2D eigenvalue weighted by Crippen LogP contribution is -2.38. The van der Waals surface area contributed by atoms with Crippen LogP contribution >= 0.6 is 0 Å². The van der Waals surface area contributed by atoms with Crippen LogP contribution in [0.1, 0.15) is 34.1 Å². The summed E-state index contributed by atoms with van der Waals surface area (Å²) in [6.07, 6.45) is 0.244. The van der Waals surface area contributed by atoms with E-state index in [1.54, 1.807) is 4.90 Å². The highest BCUT2D eigenvalue weighted by Gasteiger charge is 2.39. The topological polar surface area (TPSA) is 73.6 Å². The molecular formula is C12H20N2O3. The van der Waals surface area contributed by atoms with Crippen molar-refractivity contribution in [1.29, 1.82) is 5.26 Å². The lowest BCUT2D eigenvalue weighted by atomic mass is 9.90. The number of carbonyl (C=O) groups excluding carboxylic acids is 1. The van der Waals surface area contributed by atoms with Gasteiger partial charge in [0.1, 0.15) is 5.60 Å². The third-order valence-electron chi connectivity index (χ3n) is 2.86. The molecule has 0 spiro atoms. The van der Waals surface area contributed by atoms with E-state index in [1.165, 1.54) is 6.92 Å². The largest absolute Gasteiger partial charge is 0.444 e. The van der Waals surface area contributed by atoms with E-state index < -0.39 is 11.2 Å². The van der Waals surface area contributed by atoms with Crippen LogP contribution in [0.2, 0.25) is 0 Å². The van der Waals surface area contributed by atoms with Crippen LogP contribution in [-0.2, 0) is 4.74 Å². The lowest BCUT2D eigenvalue weighted by Gasteiger charge is -2.26. The molecular weight excluding hydrogens is 220 g/mol. The fourth-order valence-corrected chi connectivity index (χ4v) is 1.80. The summed E-state index contributed by atoms with van der Waals surface area (Å²) in [5.74, 6) is -0.208. The fraction of sp³-hybridized carbons (Fsp3) is 0.833. The predicted octanol–water partition coefficient (Wildman–Crippen LogP) is 1.52. The maximum Gasteiger partial charge on any atom is 0.410 e. The molecule has 0 bridgehead atoms. The van der Waals surface area contributed by atoms with E-state index in [0.717, 1.165) is 0 Å². The van der Waals surface area contributed by atoms with Gasteiger partial charge in [0.05, 0.1) is 6.07 Å². The van der Waals surface area contributed by atoms with Gasteiger partial charge in [-0.3, -0.25) is 0 Å². The van der Waals surface area contributed by atoms with Crippen LogP contribution in [-0.4, -0.2) is 40.4 Å². The van der Waals surface area contributed by atoms with Crippen LogP contribution in [0.25, 0.3) is 0 Å². The van der Waals surface area contributed by atoms with Gasteiger partial charge in [-0.1, -0.05) is 0 Å². The van der Waals surface area contributed by atoms with Gasteiger partial charge >= 0.3 is 6.09 Å². The van der Waals surface area contributed by atoms with Crippen molar-refractivity contribution in [2.24, 2.45) is 5.92 Å². The van der Waals surface area contributed by atoms with Crippen LogP contribution in [0.15, 0.2) is 0 Å². The molecule has 0 aliphatic carbocycles. The molecule has 1 amide bonds. The van der Waals surface area contributed by atoms with Crippen molar-refractivity contribution < 1.29 is 14.6 Å². The summed E-state index contributed by atoms with van der Waals surface area (Å²) < 4.78 is 5.24. The molecule has 0 radical (unpaired) electrons. The van der Waals surface area contributed by atoms with Crippen LogP contribution in [0.3, 0.4) is 0 Å². The number of rotatable bonds is 1.